The zero-order valence-corrected chi connectivity index (χ0v) is 12.5. The standard InChI is InChI=1S/C12H17NO4S2/c1-13(7-8-19(2,16)17)9-11-4-3-10(18-11)5-6-12(14)15/h3-6H,7-9H2,1-2H3,(H,14,15)/b6-5+. The van der Waals surface area contributed by atoms with Crippen molar-refractivity contribution in [3.8, 4) is 0 Å². The van der Waals surface area contributed by atoms with Gasteiger partial charge in [-0.3, -0.25) is 0 Å². The second kappa shape index (κ2) is 6.83. The molecule has 106 valence electrons. The highest BCUT2D eigenvalue weighted by molar-refractivity contribution is 7.90. The topological polar surface area (TPSA) is 74.7 Å². The van der Waals surface area contributed by atoms with E-state index < -0.39 is 15.8 Å². The van der Waals surface area contributed by atoms with Crippen LogP contribution in [0.2, 0.25) is 0 Å². The average molecular weight is 303 g/mol. The van der Waals surface area contributed by atoms with E-state index in [0.29, 0.717) is 13.1 Å². The Hall–Kier alpha value is -1.18. The van der Waals surface area contributed by atoms with Gasteiger partial charge in [0.05, 0.1) is 5.75 Å². The van der Waals surface area contributed by atoms with Crippen LogP contribution < -0.4 is 0 Å². The van der Waals surface area contributed by atoms with Crippen LogP contribution >= 0.6 is 11.3 Å². The van der Waals surface area contributed by atoms with Crippen LogP contribution in [0.5, 0.6) is 0 Å². The van der Waals surface area contributed by atoms with Crippen LogP contribution in [0.3, 0.4) is 0 Å². The Kier molecular flexibility index (Phi) is 5.71. The Bertz CT molecular complexity index is 560. The van der Waals surface area contributed by atoms with Gasteiger partial charge in [-0.25, -0.2) is 13.2 Å². The van der Waals surface area contributed by atoms with Gasteiger partial charge in [0.2, 0.25) is 0 Å². The van der Waals surface area contributed by atoms with Gasteiger partial charge in [-0.2, -0.15) is 0 Å². The Balaban J connectivity index is 2.51. The van der Waals surface area contributed by atoms with Gasteiger partial charge in [0.25, 0.3) is 0 Å². The summed E-state index contributed by atoms with van der Waals surface area (Å²) in [5.41, 5.74) is 0. The van der Waals surface area contributed by atoms with Crippen molar-refractivity contribution in [3.63, 3.8) is 0 Å². The average Bonchev–Trinajstić information content (AvgIpc) is 2.70. The summed E-state index contributed by atoms with van der Waals surface area (Å²) in [6.45, 7) is 1.14. The molecule has 0 saturated heterocycles. The quantitative estimate of drug-likeness (QED) is 0.769. The first-order chi connectivity index (χ1) is 8.76. The monoisotopic (exact) mass is 303 g/mol. The highest BCUT2D eigenvalue weighted by Gasteiger charge is 2.07. The summed E-state index contributed by atoms with van der Waals surface area (Å²) < 4.78 is 22.1. The Morgan fingerprint density at radius 2 is 2.16 bits per heavy atom. The van der Waals surface area contributed by atoms with Crippen molar-refractivity contribution in [1.29, 1.82) is 0 Å². The first-order valence-electron chi connectivity index (χ1n) is 5.62. The van der Waals surface area contributed by atoms with E-state index in [1.54, 1.807) is 6.08 Å². The molecule has 5 nitrogen and oxygen atoms in total. The number of rotatable bonds is 7. The molecule has 0 aliphatic heterocycles. The number of carboxylic acids is 1. The van der Waals surface area contributed by atoms with Crippen molar-refractivity contribution in [2.75, 3.05) is 25.6 Å². The molecule has 0 bridgehead atoms. The number of aliphatic carboxylic acids is 1. The van der Waals surface area contributed by atoms with Crippen molar-refractivity contribution in [1.82, 2.24) is 4.90 Å². The highest BCUT2D eigenvalue weighted by Crippen LogP contribution is 2.19. The van der Waals surface area contributed by atoms with Crippen LogP contribution in [-0.4, -0.2) is 50.0 Å². The molecule has 1 N–H and O–H groups in total. The summed E-state index contributed by atoms with van der Waals surface area (Å²) in [6, 6.07) is 3.77. The van der Waals surface area contributed by atoms with E-state index in [2.05, 4.69) is 0 Å². The smallest absolute Gasteiger partial charge is 0.328 e. The number of carboxylic acid groups (broad SMARTS) is 1. The third-order valence-electron chi connectivity index (χ3n) is 2.34. The van der Waals surface area contributed by atoms with E-state index in [4.69, 9.17) is 5.11 Å². The lowest BCUT2D eigenvalue weighted by Crippen LogP contribution is -2.24. The van der Waals surface area contributed by atoms with Gasteiger partial charge in [0, 0.05) is 35.2 Å². The summed E-state index contributed by atoms with van der Waals surface area (Å²) in [5.74, 6) is -0.832. The molecule has 0 fully saturated rings. The summed E-state index contributed by atoms with van der Waals surface area (Å²) in [6.07, 6.45) is 3.87. The van der Waals surface area contributed by atoms with Crippen LogP contribution in [-0.2, 0) is 21.2 Å². The Morgan fingerprint density at radius 1 is 1.47 bits per heavy atom. The minimum Gasteiger partial charge on any atom is -0.478 e. The Labute approximate surface area is 117 Å². The van der Waals surface area contributed by atoms with Crippen molar-refractivity contribution in [2.24, 2.45) is 0 Å². The molecule has 0 aliphatic rings. The maximum atomic E-state index is 11.1. The lowest BCUT2D eigenvalue weighted by Gasteiger charge is -2.14. The first-order valence-corrected chi connectivity index (χ1v) is 8.50. The highest BCUT2D eigenvalue weighted by atomic mass is 32.2. The van der Waals surface area contributed by atoms with Crippen LogP contribution in [0.25, 0.3) is 6.08 Å². The maximum Gasteiger partial charge on any atom is 0.328 e. The van der Waals surface area contributed by atoms with E-state index in [1.165, 1.54) is 17.6 Å². The molecule has 0 spiro atoms. The molecule has 1 rings (SSSR count). The van der Waals surface area contributed by atoms with Gasteiger partial charge in [-0.05, 0) is 25.3 Å². The van der Waals surface area contributed by atoms with E-state index in [0.717, 1.165) is 15.8 Å². The maximum absolute atomic E-state index is 11.1. The fourth-order valence-electron chi connectivity index (χ4n) is 1.39. The number of thiophene rings is 1. The second-order valence-corrected chi connectivity index (χ2v) is 7.80. The molecular weight excluding hydrogens is 286 g/mol. The summed E-state index contributed by atoms with van der Waals surface area (Å²) in [4.78, 5) is 14.3. The molecule has 0 radical (unpaired) electrons. The number of sulfone groups is 1. The van der Waals surface area contributed by atoms with Gasteiger partial charge in [0.15, 0.2) is 0 Å². The van der Waals surface area contributed by atoms with Gasteiger partial charge in [-0.1, -0.05) is 0 Å². The summed E-state index contributed by atoms with van der Waals surface area (Å²) in [7, 11) is -1.08. The fourth-order valence-corrected chi connectivity index (χ4v) is 3.03. The molecule has 0 atom stereocenters. The zero-order valence-electron chi connectivity index (χ0n) is 10.9. The van der Waals surface area contributed by atoms with Crippen molar-refractivity contribution in [2.45, 2.75) is 6.54 Å². The minimum atomic E-state index is -2.94. The van der Waals surface area contributed by atoms with E-state index >= 15 is 0 Å². The van der Waals surface area contributed by atoms with Crippen LogP contribution in [0, 0.1) is 0 Å². The van der Waals surface area contributed by atoms with Gasteiger partial charge in [-0.15, -0.1) is 11.3 Å². The van der Waals surface area contributed by atoms with Gasteiger partial charge in [0.1, 0.15) is 9.84 Å². The molecule has 0 saturated carbocycles. The molecule has 0 aliphatic carbocycles. The lowest BCUT2D eigenvalue weighted by atomic mass is 10.4. The van der Waals surface area contributed by atoms with Gasteiger partial charge >= 0.3 is 5.97 Å². The third-order valence-corrected chi connectivity index (χ3v) is 4.30. The van der Waals surface area contributed by atoms with E-state index in [-0.39, 0.29) is 5.75 Å². The summed E-state index contributed by atoms with van der Waals surface area (Å²) >= 11 is 1.50. The SMILES string of the molecule is CN(CCS(C)(=O)=O)Cc1ccc(/C=C/C(=O)O)s1. The molecule has 1 aromatic heterocycles. The molecule has 1 aromatic rings. The largest absolute Gasteiger partial charge is 0.478 e. The molecule has 7 heteroatoms. The molecule has 19 heavy (non-hydrogen) atoms. The van der Waals surface area contributed by atoms with E-state index in [1.807, 2.05) is 24.1 Å². The number of carbonyl (C=O) groups is 1. The molecule has 0 amide bonds. The predicted molar refractivity (Wildman–Crippen MR) is 77.0 cm³/mol. The number of hydrogen-bond acceptors (Lipinski definition) is 5. The minimum absolute atomic E-state index is 0.140. The van der Waals surface area contributed by atoms with Crippen molar-refractivity contribution < 1.29 is 18.3 Å². The summed E-state index contributed by atoms with van der Waals surface area (Å²) in [5, 5.41) is 8.53. The predicted octanol–water partition coefficient (Wildman–Crippen LogP) is 1.32. The molecule has 0 aromatic carbocycles. The Morgan fingerprint density at radius 3 is 2.74 bits per heavy atom. The van der Waals surface area contributed by atoms with Crippen LogP contribution in [0.1, 0.15) is 9.75 Å². The first kappa shape index (κ1) is 15.9. The van der Waals surface area contributed by atoms with Crippen LogP contribution in [0.4, 0.5) is 0 Å². The molecular formula is C12H17NO4S2. The lowest BCUT2D eigenvalue weighted by molar-refractivity contribution is -0.131. The second-order valence-electron chi connectivity index (χ2n) is 4.34. The van der Waals surface area contributed by atoms with Crippen LogP contribution in [0.15, 0.2) is 18.2 Å². The zero-order chi connectivity index (χ0) is 14.5. The van der Waals surface area contributed by atoms with Crippen molar-refractivity contribution in [3.05, 3.63) is 28.0 Å². The van der Waals surface area contributed by atoms with Gasteiger partial charge < -0.3 is 10.0 Å². The van der Waals surface area contributed by atoms with E-state index in [9.17, 15) is 13.2 Å². The molecule has 1 heterocycles. The fraction of sp³-hybridized carbons (Fsp3) is 0.417. The van der Waals surface area contributed by atoms with Crippen molar-refractivity contribution >= 4 is 33.2 Å². The molecule has 0 unspecified atom stereocenters. The third kappa shape index (κ3) is 7.09. The number of hydrogen-bond donors (Lipinski definition) is 1. The normalized spacial score (nSPS) is 12.4. The number of nitrogens with zero attached hydrogens (tertiary/aromatic N) is 1.